The summed E-state index contributed by atoms with van der Waals surface area (Å²) in [7, 11) is 0. The maximum absolute atomic E-state index is 12.0. The molecule has 0 fully saturated rings. The predicted octanol–water partition coefficient (Wildman–Crippen LogP) is 2.68. The molecule has 0 aliphatic heterocycles. The van der Waals surface area contributed by atoms with Crippen LogP contribution in [0.4, 0.5) is 11.4 Å². The summed E-state index contributed by atoms with van der Waals surface area (Å²) in [5.41, 5.74) is 14.7. The van der Waals surface area contributed by atoms with Crippen molar-refractivity contribution in [1.82, 2.24) is 4.98 Å². The Morgan fingerprint density at radius 1 is 1.17 bits per heavy atom. The molecule has 6 heteroatoms. The van der Waals surface area contributed by atoms with E-state index in [2.05, 4.69) is 10.2 Å². The van der Waals surface area contributed by atoms with Crippen LogP contribution in [0, 0.1) is 4.91 Å². The Labute approximate surface area is 132 Å². The zero-order valence-corrected chi connectivity index (χ0v) is 12.4. The molecule has 6 nitrogen and oxygen atoms in total. The molecule has 0 radical (unpaired) electrons. The van der Waals surface area contributed by atoms with Gasteiger partial charge < -0.3 is 16.5 Å². The lowest BCUT2D eigenvalue weighted by Crippen LogP contribution is -2.07. The molecule has 0 aliphatic rings. The van der Waals surface area contributed by atoms with E-state index in [0.717, 1.165) is 11.1 Å². The molecule has 0 spiro atoms. The SMILES string of the molecule is NCCc1ccc(-c2c[nH]c(=O)c3cccc(N=O)c23)cc1N. The number of hydrogen-bond donors (Lipinski definition) is 3. The molecule has 0 aliphatic carbocycles. The second-order valence-corrected chi connectivity index (χ2v) is 5.27. The van der Waals surface area contributed by atoms with Crippen molar-refractivity contribution < 1.29 is 0 Å². The number of nitrogens with zero attached hydrogens (tertiary/aromatic N) is 1. The van der Waals surface area contributed by atoms with Crippen molar-refractivity contribution in [2.45, 2.75) is 6.42 Å². The molecule has 23 heavy (non-hydrogen) atoms. The van der Waals surface area contributed by atoms with Crippen molar-refractivity contribution in [3.05, 3.63) is 63.4 Å². The summed E-state index contributed by atoms with van der Waals surface area (Å²) in [6, 6.07) is 10.5. The molecule has 1 aromatic heterocycles. The van der Waals surface area contributed by atoms with Crippen LogP contribution in [0.25, 0.3) is 21.9 Å². The van der Waals surface area contributed by atoms with Crippen molar-refractivity contribution in [1.29, 1.82) is 0 Å². The number of benzene rings is 2. The Bertz CT molecular complexity index is 947. The van der Waals surface area contributed by atoms with Gasteiger partial charge in [0, 0.05) is 28.2 Å². The smallest absolute Gasteiger partial charge is 0.255 e. The summed E-state index contributed by atoms with van der Waals surface area (Å²) in [4.78, 5) is 25.8. The highest BCUT2D eigenvalue weighted by atomic mass is 16.3. The second-order valence-electron chi connectivity index (χ2n) is 5.27. The van der Waals surface area contributed by atoms with E-state index < -0.39 is 0 Å². The quantitative estimate of drug-likeness (QED) is 0.507. The number of aromatic nitrogens is 1. The van der Waals surface area contributed by atoms with Gasteiger partial charge in [0.05, 0.1) is 0 Å². The van der Waals surface area contributed by atoms with Gasteiger partial charge in [-0.05, 0) is 47.5 Å². The van der Waals surface area contributed by atoms with Gasteiger partial charge in [-0.25, -0.2) is 0 Å². The lowest BCUT2D eigenvalue weighted by Gasteiger charge is -2.11. The fraction of sp³-hybridized carbons (Fsp3) is 0.118. The Morgan fingerprint density at radius 2 is 2.00 bits per heavy atom. The molecule has 0 atom stereocenters. The molecule has 0 bridgehead atoms. The van der Waals surface area contributed by atoms with Crippen LogP contribution >= 0.6 is 0 Å². The van der Waals surface area contributed by atoms with Crippen LogP contribution < -0.4 is 17.0 Å². The number of fused-ring (bicyclic) bond motifs is 1. The highest BCUT2D eigenvalue weighted by Crippen LogP contribution is 2.34. The standard InChI is InChI=1S/C17H16N4O2/c18-7-6-10-4-5-11(8-14(10)19)13-9-20-17(22)12-2-1-3-15(21-23)16(12)13/h1-5,8-9H,6-7,18-19H2,(H,20,22). The Morgan fingerprint density at radius 3 is 2.70 bits per heavy atom. The van der Waals surface area contributed by atoms with Crippen LogP contribution in [0.1, 0.15) is 5.56 Å². The summed E-state index contributed by atoms with van der Waals surface area (Å²) in [5.74, 6) is 0. The summed E-state index contributed by atoms with van der Waals surface area (Å²) < 4.78 is 0. The number of aromatic amines is 1. The van der Waals surface area contributed by atoms with Crippen LogP contribution in [0.2, 0.25) is 0 Å². The number of hydrogen-bond acceptors (Lipinski definition) is 5. The number of nitrogen functional groups attached to an aromatic ring is 1. The van der Waals surface area contributed by atoms with E-state index in [0.29, 0.717) is 35.0 Å². The van der Waals surface area contributed by atoms with Crippen LogP contribution in [0.5, 0.6) is 0 Å². The summed E-state index contributed by atoms with van der Waals surface area (Å²) in [6.07, 6.45) is 2.27. The molecule has 2 aromatic carbocycles. The summed E-state index contributed by atoms with van der Waals surface area (Å²) in [6.45, 7) is 0.518. The largest absolute Gasteiger partial charge is 0.398 e. The van der Waals surface area contributed by atoms with Gasteiger partial charge in [-0.3, -0.25) is 4.79 Å². The van der Waals surface area contributed by atoms with Gasteiger partial charge in [-0.1, -0.05) is 18.2 Å². The van der Waals surface area contributed by atoms with Crippen LogP contribution in [0.3, 0.4) is 0 Å². The van der Waals surface area contributed by atoms with E-state index in [1.165, 1.54) is 0 Å². The number of anilines is 1. The van der Waals surface area contributed by atoms with Crippen LogP contribution in [-0.2, 0) is 6.42 Å². The highest BCUT2D eigenvalue weighted by molar-refractivity contribution is 6.03. The lowest BCUT2D eigenvalue weighted by atomic mass is 9.97. The highest BCUT2D eigenvalue weighted by Gasteiger charge is 2.12. The Balaban J connectivity index is 2.28. The minimum absolute atomic E-state index is 0.230. The molecule has 0 unspecified atom stereocenters. The minimum Gasteiger partial charge on any atom is -0.398 e. The molecular weight excluding hydrogens is 292 g/mol. The van der Waals surface area contributed by atoms with E-state index in [9.17, 15) is 9.70 Å². The first-order chi connectivity index (χ1) is 11.2. The van der Waals surface area contributed by atoms with E-state index in [1.807, 2.05) is 18.2 Å². The van der Waals surface area contributed by atoms with Gasteiger partial charge in [-0.2, -0.15) is 0 Å². The second kappa shape index (κ2) is 6.02. The van der Waals surface area contributed by atoms with E-state index in [1.54, 1.807) is 24.4 Å². The maximum Gasteiger partial charge on any atom is 0.255 e. The van der Waals surface area contributed by atoms with Crippen molar-refractivity contribution in [3.8, 4) is 11.1 Å². The molecule has 0 saturated heterocycles. The normalized spacial score (nSPS) is 10.8. The van der Waals surface area contributed by atoms with E-state index in [-0.39, 0.29) is 11.2 Å². The molecular formula is C17H16N4O2. The number of pyridine rings is 1. The topological polar surface area (TPSA) is 114 Å². The van der Waals surface area contributed by atoms with Gasteiger partial charge in [0.2, 0.25) is 0 Å². The van der Waals surface area contributed by atoms with Crippen LogP contribution in [0.15, 0.2) is 52.6 Å². The number of nitroso groups, excluding NO2 is 1. The fourth-order valence-electron chi connectivity index (χ4n) is 2.75. The molecule has 1 heterocycles. The zero-order chi connectivity index (χ0) is 16.4. The molecule has 0 saturated carbocycles. The number of nitrogens with two attached hydrogens (primary N) is 2. The third kappa shape index (κ3) is 2.60. The lowest BCUT2D eigenvalue weighted by molar-refractivity contribution is 0.971. The molecule has 116 valence electrons. The first-order valence-corrected chi connectivity index (χ1v) is 7.22. The first kappa shape index (κ1) is 14.9. The van der Waals surface area contributed by atoms with Crippen molar-refractivity contribution in [2.24, 2.45) is 10.9 Å². The minimum atomic E-state index is -0.262. The average Bonchev–Trinajstić information content (AvgIpc) is 2.57. The average molecular weight is 308 g/mol. The van der Waals surface area contributed by atoms with Crippen molar-refractivity contribution in [2.75, 3.05) is 12.3 Å². The van der Waals surface area contributed by atoms with Gasteiger partial charge in [0.1, 0.15) is 5.69 Å². The molecule has 3 rings (SSSR count). The Hall–Kier alpha value is -2.99. The Kier molecular flexibility index (Phi) is 3.91. The molecule has 5 N–H and O–H groups in total. The maximum atomic E-state index is 12.0. The van der Waals surface area contributed by atoms with E-state index in [4.69, 9.17) is 11.5 Å². The summed E-state index contributed by atoms with van der Waals surface area (Å²) in [5, 5.41) is 3.99. The zero-order valence-electron chi connectivity index (χ0n) is 12.4. The van der Waals surface area contributed by atoms with Gasteiger partial charge >= 0.3 is 0 Å². The van der Waals surface area contributed by atoms with Crippen LogP contribution in [-0.4, -0.2) is 11.5 Å². The number of nitrogens with one attached hydrogen (secondary N) is 1. The fourth-order valence-corrected chi connectivity index (χ4v) is 2.75. The van der Waals surface area contributed by atoms with Crippen molar-refractivity contribution >= 4 is 22.1 Å². The number of rotatable bonds is 4. The van der Waals surface area contributed by atoms with Crippen molar-refractivity contribution in [3.63, 3.8) is 0 Å². The molecule has 3 aromatic rings. The number of H-pyrrole nitrogens is 1. The van der Waals surface area contributed by atoms with Gasteiger partial charge in [-0.15, -0.1) is 4.91 Å². The first-order valence-electron chi connectivity index (χ1n) is 7.22. The van der Waals surface area contributed by atoms with Gasteiger partial charge in [0.25, 0.3) is 5.56 Å². The monoisotopic (exact) mass is 308 g/mol. The van der Waals surface area contributed by atoms with Gasteiger partial charge in [0.15, 0.2) is 0 Å². The molecule has 0 amide bonds. The predicted molar refractivity (Wildman–Crippen MR) is 92.6 cm³/mol. The van der Waals surface area contributed by atoms with E-state index >= 15 is 0 Å². The summed E-state index contributed by atoms with van der Waals surface area (Å²) >= 11 is 0. The third-order valence-electron chi connectivity index (χ3n) is 3.87. The third-order valence-corrected chi connectivity index (χ3v) is 3.87.